The molecule has 0 saturated carbocycles. The Balaban J connectivity index is 2.14. The molecule has 0 atom stereocenters. The summed E-state index contributed by atoms with van der Waals surface area (Å²) in [6.45, 7) is 3.50. The summed E-state index contributed by atoms with van der Waals surface area (Å²) >= 11 is 2.79. The van der Waals surface area contributed by atoms with Crippen molar-refractivity contribution in [2.45, 2.75) is 23.3 Å². The van der Waals surface area contributed by atoms with Crippen molar-refractivity contribution in [3.8, 4) is 0 Å². The molecule has 0 fully saturated rings. The van der Waals surface area contributed by atoms with Gasteiger partial charge in [0.2, 0.25) is 0 Å². The van der Waals surface area contributed by atoms with Gasteiger partial charge in [-0.1, -0.05) is 23.5 Å². The number of hydrogen-bond donors (Lipinski definition) is 0. The fourth-order valence-electron chi connectivity index (χ4n) is 2.85. The van der Waals surface area contributed by atoms with Gasteiger partial charge in [0.15, 0.2) is 14.6 Å². The predicted molar refractivity (Wildman–Crippen MR) is 118 cm³/mol. The number of nitrogens with zero attached hydrogens (tertiary/aromatic N) is 2. The number of sulfone groups is 1. The zero-order valence-electron chi connectivity index (χ0n) is 16.4. The van der Waals surface area contributed by atoms with E-state index in [1.165, 1.54) is 29.4 Å². The topological polar surface area (TPSA) is 77.7 Å². The van der Waals surface area contributed by atoms with Crippen LogP contribution in [0.25, 0.3) is 10.2 Å². The molecule has 0 aliphatic heterocycles. The zero-order chi connectivity index (χ0) is 21.0. The van der Waals surface area contributed by atoms with Gasteiger partial charge in [0.1, 0.15) is 0 Å². The number of ether oxygens (including phenoxy) is 1. The Hall–Kier alpha value is -1.94. The molecule has 0 unspecified atom stereocenters. The van der Waals surface area contributed by atoms with Crippen LogP contribution in [-0.2, 0) is 21.1 Å². The molecule has 0 aliphatic rings. The van der Waals surface area contributed by atoms with Gasteiger partial charge in [-0.25, -0.2) is 8.42 Å². The van der Waals surface area contributed by atoms with E-state index in [0.29, 0.717) is 30.1 Å². The van der Waals surface area contributed by atoms with E-state index in [9.17, 15) is 13.2 Å². The molecule has 0 radical (unpaired) electrons. The average molecular weight is 451 g/mol. The molecule has 1 aromatic heterocycles. The van der Waals surface area contributed by atoms with E-state index in [1.807, 2.05) is 35.9 Å². The lowest BCUT2D eigenvalue weighted by Crippen LogP contribution is -2.20. The van der Waals surface area contributed by atoms with Crippen LogP contribution in [0.15, 0.2) is 57.2 Å². The highest BCUT2D eigenvalue weighted by Crippen LogP contribution is 2.23. The molecule has 1 amide bonds. The van der Waals surface area contributed by atoms with Crippen molar-refractivity contribution in [1.29, 1.82) is 0 Å². The van der Waals surface area contributed by atoms with Crippen LogP contribution in [0, 0.1) is 0 Å². The standard InChI is InChI=1S/C20H22N2O4S3/c1-4-26-12-11-22-16-10-9-14(29(3,24)25)13-18(16)28-20(22)21-19(23)15-7-5-6-8-17(15)27-2/h5-10,13H,4,11-12H2,1-3H3. The summed E-state index contributed by atoms with van der Waals surface area (Å²) < 4.78 is 32.0. The second kappa shape index (κ2) is 9.25. The number of rotatable bonds is 7. The van der Waals surface area contributed by atoms with Crippen molar-refractivity contribution in [1.82, 2.24) is 4.57 Å². The van der Waals surface area contributed by atoms with Crippen LogP contribution in [-0.4, -0.2) is 44.6 Å². The Morgan fingerprint density at radius 2 is 2.00 bits per heavy atom. The van der Waals surface area contributed by atoms with Gasteiger partial charge in [-0.15, -0.1) is 11.8 Å². The van der Waals surface area contributed by atoms with Crippen LogP contribution >= 0.6 is 23.1 Å². The summed E-state index contributed by atoms with van der Waals surface area (Å²) in [5.41, 5.74) is 1.37. The number of aromatic nitrogens is 1. The summed E-state index contributed by atoms with van der Waals surface area (Å²) in [5.74, 6) is -0.324. The highest BCUT2D eigenvalue weighted by molar-refractivity contribution is 7.98. The lowest BCUT2D eigenvalue weighted by molar-refractivity contribution is 0.0994. The first-order valence-electron chi connectivity index (χ1n) is 8.98. The number of amides is 1. The number of fused-ring (bicyclic) bond motifs is 1. The quantitative estimate of drug-likeness (QED) is 0.406. The molecule has 3 aromatic rings. The largest absolute Gasteiger partial charge is 0.380 e. The third-order valence-electron chi connectivity index (χ3n) is 4.28. The normalized spacial score (nSPS) is 12.6. The van der Waals surface area contributed by atoms with Crippen LogP contribution in [0.2, 0.25) is 0 Å². The van der Waals surface area contributed by atoms with Crippen LogP contribution in [0.3, 0.4) is 0 Å². The van der Waals surface area contributed by atoms with Crippen LogP contribution in [0.5, 0.6) is 0 Å². The van der Waals surface area contributed by atoms with Crippen molar-refractivity contribution < 1.29 is 17.9 Å². The molecule has 3 rings (SSSR count). The Labute approximate surface area is 178 Å². The molecule has 1 heterocycles. The highest BCUT2D eigenvalue weighted by Gasteiger charge is 2.14. The fourth-order valence-corrected chi connectivity index (χ4v) is 5.26. The number of thioether (sulfide) groups is 1. The van der Waals surface area contributed by atoms with Gasteiger partial charge in [0, 0.05) is 24.3 Å². The molecular weight excluding hydrogens is 428 g/mol. The molecule has 2 aromatic carbocycles. The van der Waals surface area contributed by atoms with Gasteiger partial charge in [-0.3, -0.25) is 4.79 Å². The zero-order valence-corrected chi connectivity index (χ0v) is 18.9. The number of carbonyl (C=O) groups excluding carboxylic acids is 1. The SMILES string of the molecule is CCOCCn1c(=NC(=O)c2ccccc2SC)sc2cc(S(C)(=O)=O)ccc21. The van der Waals surface area contributed by atoms with Gasteiger partial charge < -0.3 is 9.30 Å². The van der Waals surface area contributed by atoms with Crippen molar-refractivity contribution in [3.63, 3.8) is 0 Å². The number of benzene rings is 2. The molecule has 9 heteroatoms. The monoisotopic (exact) mass is 450 g/mol. The highest BCUT2D eigenvalue weighted by atomic mass is 32.2. The first-order valence-corrected chi connectivity index (χ1v) is 12.9. The van der Waals surface area contributed by atoms with Crippen molar-refractivity contribution in [2.24, 2.45) is 4.99 Å². The van der Waals surface area contributed by atoms with Crippen LogP contribution in [0.1, 0.15) is 17.3 Å². The fraction of sp³-hybridized carbons (Fsp3) is 0.300. The van der Waals surface area contributed by atoms with E-state index in [-0.39, 0.29) is 10.8 Å². The van der Waals surface area contributed by atoms with E-state index >= 15 is 0 Å². The number of carbonyl (C=O) groups is 1. The molecule has 0 spiro atoms. The maximum atomic E-state index is 12.9. The minimum Gasteiger partial charge on any atom is -0.380 e. The third kappa shape index (κ3) is 4.98. The summed E-state index contributed by atoms with van der Waals surface area (Å²) in [5, 5.41) is 0. The van der Waals surface area contributed by atoms with E-state index in [4.69, 9.17) is 4.74 Å². The van der Waals surface area contributed by atoms with Crippen LogP contribution < -0.4 is 4.80 Å². The molecule has 0 aliphatic carbocycles. The minimum absolute atomic E-state index is 0.244. The van der Waals surface area contributed by atoms with Crippen molar-refractivity contribution in [3.05, 3.63) is 52.8 Å². The lowest BCUT2D eigenvalue weighted by atomic mass is 10.2. The van der Waals surface area contributed by atoms with E-state index in [1.54, 1.807) is 24.3 Å². The summed E-state index contributed by atoms with van der Waals surface area (Å²) in [7, 11) is -3.32. The maximum absolute atomic E-state index is 12.9. The smallest absolute Gasteiger partial charge is 0.280 e. The second-order valence-electron chi connectivity index (χ2n) is 6.25. The van der Waals surface area contributed by atoms with Gasteiger partial charge in [-0.2, -0.15) is 4.99 Å². The van der Waals surface area contributed by atoms with Gasteiger partial charge in [0.25, 0.3) is 5.91 Å². The second-order valence-corrected chi connectivity index (χ2v) is 10.1. The van der Waals surface area contributed by atoms with E-state index in [2.05, 4.69) is 4.99 Å². The molecule has 6 nitrogen and oxygen atoms in total. The summed E-state index contributed by atoms with van der Waals surface area (Å²) in [4.78, 5) is 18.9. The molecule has 0 bridgehead atoms. The first kappa shape index (κ1) is 21.8. The molecule has 0 N–H and O–H groups in total. The number of hydrogen-bond acceptors (Lipinski definition) is 6. The summed E-state index contributed by atoms with van der Waals surface area (Å²) in [6, 6.07) is 12.3. The number of thiazole rings is 1. The van der Waals surface area contributed by atoms with Gasteiger partial charge in [0.05, 0.1) is 27.3 Å². The third-order valence-corrected chi connectivity index (χ3v) is 7.23. The molecule has 0 saturated heterocycles. The maximum Gasteiger partial charge on any atom is 0.280 e. The van der Waals surface area contributed by atoms with Gasteiger partial charge >= 0.3 is 0 Å². The molecule has 154 valence electrons. The summed E-state index contributed by atoms with van der Waals surface area (Å²) in [6.07, 6.45) is 3.10. The van der Waals surface area contributed by atoms with Gasteiger partial charge in [-0.05, 0) is 43.5 Å². The predicted octanol–water partition coefficient (Wildman–Crippen LogP) is 3.61. The Morgan fingerprint density at radius 1 is 1.24 bits per heavy atom. The average Bonchev–Trinajstić information content (AvgIpc) is 3.03. The minimum atomic E-state index is -3.32. The Kier molecular flexibility index (Phi) is 6.94. The molecular formula is C20H22N2O4S3. The van der Waals surface area contributed by atoms with Crippen molar-refractivity contribution in [2.75, 3.05) is 25.7 Å². The molecule has 29 heavy (non-hydrogen) atoms. The van der Waals surface area contributed by atoms with E-state index < -0.39 is 9.84 Å². The Bertz CT molecular complexity index is 1210. The van der Waals surface area contributed by atoms with Crippen molar-refractivity contribution >= 4 is 49.1 Å². The van der Waals surface area contributed by atoms with Crippen LogP contribution in [0.4, 0.5) is 0 Å². The van der Waals surface area contributed by atoms with E-state index in [0.717, 1.165) is 15.1 Å². The first-order chi connectivity index (χ1) is 13.8. The lowest BCUT2D eigenvalue weighted by Gasteiger charge is -2.06. The Morgan fingerprint density at radius 3 is 2.69 bits per heavy atom.